The second-order valence-electron chi connectivity index (χ2n) is 12.5. The molecule has 0 N–H and O–H groups in total. The van der Waals surface area contributed by atoms with E-state index in [9.17, 15) is 19.8 Å². The molecule has 0 saturated carbocycles. The Morgan fingerprint density at radius 1 is 0.628 bits per heavy atom. The van der Waals surface area contributed by atoms with E-state index in [1.807, 2.05) is 38.2 Å². The molecule has 0 spiro atoms. The van der Waals surface area contributed by atoms with Crippen LogP contribution in [0.4, 0.5) is 0 Å². The molecular formula is C38H50O4Zn. The molecule has 2 aliphatic rings. The number of carbonyl (C=O) groups excluding carboxylic acids is 2. The van der Waals surface area contributed by atoms with Crippen LogP contribution in [0.3, 0.4) is 0 Å². The van der Waals surface area contributed by atoms with Gasteiger partial charge in [-0.3, -0.25) is 0 Å². The first-order valence-corrected chi connectivity index (χ1v) is 14.9. The summed E-state index contributed by atoms with van der Waals surface area (Å²) in [6, 6.07) is 0. The summed E-state index contributed by atoms with van der Waals surface area (Å²) in [7, 11) is 0. The molecule has 0 heterocycles. The standard InChI is InChI=1S/2C19H26O2.Zn/c2*1-15(8-7-9-16(2)14-18(20)21)11-12-17-10-5-6-13-19(17,3)4;/h2*7-12,14H,5-6,13H2,1-4H3,(H,20,21);/q;;+2/p-2/b2*9-7+,12-11+,15-8-,16-14-;. The Labute approximate surface area is 273 Å². The summed E-state index contributed by atoms with van der Waals surface area (Å²) in [5, 5.41) is 20.8. The van der Waals surface area contributed by atoms with E-state index in [-0.39, 0.29) is 30.3 Å². The Kier molecular flexibility index (Phi) is 18.6. The minimum absolute atomic E-state index is 0. The molecule has 0 bridgehead atoms. The summed E-state index contributed by atoms with van der Waals surface area (Å²) in [6.07, 6.45) is 34.0. The van der Waals surface area contributed by atoms with Crippen molar-refractivity contribution in [1.29, 1.82) is 0 Å². The maximum Gasteiger partial charge on any atom is 2.00 e. The molecule has 2 rings (SSSR count). The first kappa shape index (κ1) is 40.0. The second kappa shape index (κ2) is 20.0. The van der Waals surface area contributed by atoms with Gasteiger partial charge in [0.05, 0.1) is 11.9 Å². The molecule has 0 saturated heterocycles. The van der Waals surface area contributed by atoms with Crippen molar-refractivity contribution in [3.8, 4) is 0 Å². The Morgan fingerprint density at radius 3 is 1.28 bits per heavy atom. The maximum absolute atomic E-state index is 10.4. The van der Waals surface area contributed by atoms with E-state index >= 15 is 0 Å². The van der Waals surface area contributed by atoms with Gasteiger partial charge in [0.1, 0.15) is 0 Å². The van der Waals surface area contributed by atoms with Gasteiger partial charge in [0.2, 0.25) is 0 Å². The fourth-order valence-corrected chi connectivity index (χ4v) is 4.76. The molecular weight excluding hydrogens is 586 g/mol. The first-order valence-electron chi connectivity index (χ1n) is 14.9. The number of rotatable bonds is 10. The van der Waals surface area contributed by atoms with Crippen LogP contribution in [0.2, 0.25) is 0 Å². The van der Waals surface area contributed by atoms with Crippen LogP contribution in [-0.2, 0) is 29.1 Å². The quantitative estimate of drug-likeness (QED) is 0.140. The van der Waals surface area contributed by atoms with Crippen LogP contribution < -0.4 is 10.2 Å². The van der Waals surface area contributed by atoms with Crippen LogP contribution in [0.1, 0.15) is 93.9 Å². The zero-order chi connectivity index (χ0) is 31.8. The molecule has 0 aliphatic heterocycles. The average molecular weight is 636 g/mol. The van der Waals surface area contributed by atoms with E-state index < -0.39 is 11.9 Å². The van der Waals surface area contributed by atoms with Crippen LogP contribution in [0.5, 0.6) is 0 Å². The van der Waals surface area contributed by atoms with Gasteiger partial charge in [-0.05, 0) is 111 Å². The van der Waals surface area contributed by atoms with Crippen LogP contribution >= 0.6 is 0 Å². The van der Waals surface area contributed by atoms with E-state index in [0.29, 0.717) is 11.1 Å². The van der Waals surface area contributed by atoms with Gasteiger partial charge in [-0.2, -0.15) is 0 Å². The number of carboxylic acid groups (broad SMARTS) is 2. The minimum Gasteiger partial charge on any atom is -0.545 e. The third kappa shape index (κ3) is 17.6. The molecule has 5 heteroatoms. The van der Waals surface area contributed by atoms with Crippen molar-refractivity contribution in [2.45, 2.75) is 93.9 Å². The largest absolute Gasteiger partial charge is 2.00 e. The maximum atomic E-state index is 10.4. The molecule has 43 heavy (non-hydrogen) atoms. The number of carboxylic acids is 2. The van der Waals surface area contributed by atoms with Gasteiger partial charge in [0, 0.05) is 0 Å². The average Bonchev–Trinajstić information content (AvgIpc) is 2.86. The Balaban J connectivity index is 0.000000802. The Morgan fingerprint density at radius 2 is 0.977 bits per heavy atom. The molecule has 0 amide bonds. The fourth-order valence-electron chi connectivity index (χ4n) is 4.76. The van der Waals surface area contributed by atoms with Crippen molar-refractivity contribution < 1.29 is 39.3 Å². The van der Waals surface area contributed by atoms with E-state index in [4.69, 9.17) is 0 Å². The molecule has 4 nitrogen and oxygen atoms in total. The van der Waals surface area contributed by atoms with E-state index in [2.05, 4.69) is 64.2 Å². The summed E-state index contributed by atoms with van der Waals surface area (Å²) in [4.78, 5) is 20.8. The first-order chi connectivity index (χ1) is 19.6. The van der Waals surface area contributed by atoms with E-state index in [1.54, 1.807) is 26.0 Å². The second-order valence-corrected chi connectivity index (χ2v) is 12.5. The summed E-state index contributed by atoms with van der Waals surface area (Å²) >= 11 is 0. The number of hydrogen-bond acceptors (Lipinski definition) is 4. The van der Waals surface area contributed by atoms with Crippen molar-refractivity contribution >= 4 is 11.9 Å². The summed E-state index contributed by atoms with van der Waals surface area (Å²) < 4.78 is 0. The topological polar surface area (TPSA) is 80.3 Å². The van der Waals surface area contributed by atoms with Gasteiger partial charge >= 0.3 is 19.5 Å². The van der Waals surface area contributed by atoms with Crippen molar-refractivity contribution in [1.82, 2.24) is 0 Å². The SMILES string of the molecule is CC(=C/C(=O)[O-])/C=C/C=C(C)\C=C\C1=CCCCC1(C)C.CC(=C/C(=O)[O-])/C=C/C=C(C)\C=C\C1=CCCCC1(C)C.[Zn+2]. The van der Waals surface area contributed by atoms with Crippen molar-refractivity contribution in [3.05, 3.63) is 119 Å². The minimum atomic E-state index is -1.16. The fraction of sp³-hybridized carbons (Fsp3) is 0.421. The third-order valence-corrected chi connectivity index (χ3v) is 7.48. The van der Waals surface area contributed by atoms with E-state index in [0.717, 1.165) is 23.3 Å². The number of carbonyl (C=O) groups is 2. The van der Waals surface area contributed by atoms with Gasteiger partial charge in [-0.1, -0.05) is 112 Å². The van der Waals surface area contributed by atoms with Crippen LogP contribution in [0, 0.1) is 10.8 Å². The Bertz CT molecular complexity index is 1160. The molecule has 228 valence electrons. The van der Waals surface area contributed by atoms with Gasteiger partial charge in [-0.25, -0.2) is 0 Å². The third-order valence-electron chi connectivity index (χ3n) is 7.48. The molecule has 0 aromatic rings. The molecule has 0 aromatic carbocycles. The normalized spacial score (nSPS) is 19.6. The molecule has 0 atom stereocenters. The predicted molar refractivity (Wildman–Crippen MR) is 173 cm³/mol. The van der Waals surface area contributed by atoms with Crippen molar-refractivity contribution in [3.63, 3.8) is 0 Å². The van der Waals surface area contributed by atoms with Crippen LogP contribution in [0.25, 0.3) is 0 Å². The molecule has 0 fully saturated rings. The molecule has 0 radical (unpaired) electrons. The van der Waals surface area contributed by atoms with Gasteiger partial charge < -0.3 is 19.8 Å². The molecule has 0 unspecified atom stereocenters. The number of allylic oxidation sites excluding steroid dienone is 18. The molecule has 2 aliphatic carbocycles. The van der Waals surface area contributed by atoms with E-state index in [1.165, 1.54) is 49.7 Å². The summed E-state index contributed by atoms with van der Waals surface area (Å²) in [5.41, 5.74) is 6.93. The zero-order valence-corrected chi connectivity index (χ0v) is 30.6. The van der Waals surface area contributed by atoms with Crippen LogP contribution in [-0.4, -0.2) is 11.9 Å². The summed E-state index contributed by atoms with van der Waals surface area (Å²) in [6.45, 7) is 16.7. The number of aliphatic carboxylic acids is 2. The summed E-state index contributed by atoms with van der Waals surface area (Å²) in [5.74, 6) is -2.33. The predicted octanol–water partition coefficient (Wildman–Crippen LogP) is 7.75. The zero-order valence-electron chi connectivity index (χ0n) is 27.7. The van der Waals surface area contributed by atoms with Gasteiger partial charge in [0.15, 0.2) is 0 Å². The molecule has 0 aromatic heterocycles. The monoisotopic (exact) mass is 634 g/mol. The van der Waals surface area contributed by atoms with Crippen molar-refractivity contribution in [2.75, 3.05) is 0 Å². The van der Waals surface area contributed by atoms with Gasteiger partial charge in [0.25, 0.3) is 0 Å². The number of hydrogen-bond donors (Lipinski definition) is 0. The van der Waals surface area contributed by atoms with Gasteiger partial charge in [-0.15, -0.1) is 0 Å². The smallest absolute Gasteiger partial charge is 0.545 e. The Hall–Kier alpha value is -3.04. The van der Waals surface area contributed by atoms with Crippen LogP contribution in [0.15, 0.2) is 119 Å². The van der Waals surface area contributed by atoms with Crippen molar-refractivity contribution in [2.24, 2.45) is 10.8 Å².